The van der Waals surface area contributed by atoms with E-state index >= 15 is 0 Å². The number of aromatic amines is 1. The molecule has 3 rings (SSSR count). The lowest BCUT2D eigenvalue weighted by Gasteiger charge is -2.43. The molecular weight excluding hydrogens is 425 g/mol. The second-order valence-electron chi connectivity index (χ2n) is 5.11. The van der Waals surface area contributed by atoms with Crippen molar-refractivity contribution in [2.45, 2.75) is 29.2 Å². The minimum atomic E-state index is -1.43. The lowest BCUT2D eigenvalue weighted by atomic mass is 9.92. The molecule has 4 atom stereocenters. The average Bonchev–Trinajstić information content (AvgIpc) is 2.69. The fourth-order valence-electron chi connectivity index (χ4n) is 2.81. The summed E-state index contributed by atoms with van der Waals surface area (Å²) in [6.45, 7) is 0. The first-order valence-corrected chi connectivity index (χ1v) is 8.94. The molecule has 0 aliphatic carbocycles. The number of aromatic nitrogens is 2. The topological polar surface area (TPSA) is 133 Å². The van der Waals surface area contributed by atoms with Gasteiger partial charge in [-0.25, -0.2) is 4.79 Å². The molecule has 2 N–H and O–H groups in total. The van der Waals surface area contributed by atoms with E-state index in [9.17, 15) is 14.7 Å². The third kappa shape index (κ3) is 2.11. The van der Waals surface area contributed by atoms with Crippen molar-refractivity contribution in [2.24, 2.45) is 5.11 Å². The Bertz CT molecular complexity index is 755. The molecule has 1 aromatic rings. The van der Waals surface area contributed by atoms with Gasteiger partial charge in [-0.3, -0.25) is 14.3 Å². The third-order valence-electron chi connectivity index (χ3n) is 4.00. The van der Waals surface area contributed by atoms with E-state index in [0.29, 0.717) is 6.42 Å². The van der Waals surface area contributed by atoms with Gasteiger partial charge >= 0.3 is 5.69 Å². The van der Waals surface area contributed by atoms with Crippen LogP contribution in [0.15, 0.2) is 27.0 Å². The Morgan fingerprint density at radius 2 is 2.41 bits per heavy atom. The summed E-state index contributed by atoms with van der Waals surface area (Å²) in [5, 5.41) is 14.4. The molecule has 3 heterocycles. The van der Waals surface area contributed by atoms with Crippen LogP contribution in [0.3, 0.4) is 0 Å². The number of thioether (sulfide) groups is 1. The van der Waals surface area contributed by atoms with Crippen molar-refractivity contribution in [2.75, 3.05) is 10.2 Å². The van der Waals surface area contributed by atoms with Gasteiger partial charge in [-0.1, -0.05) is 27.7 Å². The van der Waals surface area contributed by atoms with Crippen LogP contribution in [0, 0.1) is 0 Å². The summed E-state index contributed by atoms with van der Waals surface area (Å²) in [6.07, 6.45) is 0.0914. The van der Waals surface area contributed by atoms with E-state index in [-0.39, 0.29) is 4.43 Å². The molecule has 0 bridgehead atoms. The zero-order chi connectivity index (χ0) is 16.0. The number of nitrogens with zero attached hydrogens (tertiary/aromatic N) is 4. The van der Waals surface area contributed by atoms with Crippen LogP contribution in [0.1, 0.15) is 12.6 Å². The lowest BCUT2D eigenvalue weighted by Crippen LogP contribution is -2.54. The molecule has 0 aromatic carbocycles. The maximum atomic E-state index is 12.0. The van der Waals surface area contributed by atoms with Gasteiger partial charge in [-0.15, -0.1) is 11.8 Å². The molecule has 0 amide bonds. The summed E-state index contributed by atoms with van der Waals surface area (Å²) in [4.78, 5) is 28.2. The lowest BCUT2D eigenvalue weighted by molar-refractivity contribution is -0.0827. The summed E-state index contributed by atoms with van der Waals surface area (Å²) in [6, 6.07) is 1.21. The Balaban J connectivity index is 2.13. The highest BCUT2D eigenvalue weighted by atomic mass is 127. The van der Waals surface area contributed by atoms with Gasteiger partial charge in [0.1, 0.15) is 6.10 Å². The van der Waals surface area contributed by atoms with E-state index in [0.717, 1.165) is 5.75 Å². The zero-order valence-electron chi connectivity index (χ0n) is 11.2. The van der Waals surface area contributed by atoms with Crippen LogP contribution in [-0.2, 0) is 4.74 Å². The highest BCUT2D eigenvalue weighted by Gasteiger charge is 2.67. The third-order valence-corrected chi connectivity index (χ3v) is 6.66. The molecule has 118 valence electrons. The number of halogens is 1. The number of azide groups is 1. The van der Waals surface area contributed by atoms with E-state index in [2.05, 4.69) is 15.0 Å². The second kappa shape index (κ2) is 5.57. The van der Waals surface area contributed by atoms with Crippen LogP contribution in [0.25, 0.3) is 10.4 Å². The van der Waals surface area contributed by atoms with Crippen molar-refractivity contribution < 1.29 is 9.84 Å². The fourth-order valence-corrected chi connectivity index (χ4v) is 4.88. The fraction of sp³-hybridized carbons (Fsp3) is 0.636. The molecule has 9 nitrogen and oxygen atoms in total. The van der Waals surface area contributed by atoms with Crippen LogP contribution in [0.4, 0.5) is 0 Å². The maximum Gasteiger partial charge on any atom is 0.330 e. The number of H-pyrrole nitrogens is 1. The standard InChI is InChI=1S/C11H12IN5O4S/c12-5-11(15-16-13)7(19)10(2-4-22-10)8(21-11)17-3-1-6(18)14-9(17)20/h1,3,7-8,19H,2,4-5H2,(H,14,18,20)/t7-,8+,10+,11+/m0/s1. The van der Waals surface area contributed by atoms with Crippen molar-refractivity contribution in [3.8, 4) is 0 Å². The number of hydrogen-bond acceptors (Lipinski definition) is 6. The maximum absolute atomic E-state index is 12.0. The van der Waals surface area contributed by atoms with Gasteiger partial charge in [0.25, 0.3) is 5.56 Å². The number of alkyl halides is 1. The molecule has 0 unspecified atom stereocenters. The number of rotatable bonds is 3. The van der Waals surface area contributed by atoms with Gasteiger partial charge in [0, 0.05) is 21.6 Å². The normalized spacial score (nSPS) is 36.8. The first-order valence-electron chi connectivity index (χ1n) is 6.43. The quantitative estimate of drug-likeness (QED) is 0.237. The Morgan fingerprint density at radius 1 is 1.68 bits per heavy atom. The molecule has 2 aliphatic heterocycles. The monoisotopic (exact) mass is 437 g/mol. The first kappa shape index (κ1) is 15.9. The van der Waals surface area contributed by atoms with Crippen molar-refractivity contribution in [1.82, 2.24) is 9.55 Å². The Labute approximate surface area is 141 Å². The van der Waals surface area contributed by atoms with Gasteiger partial charge in [-0.05, 0) is 17.7 Å². The van der Waals surface area contributed by atoms with E-state index in [1.54, 1.807) is 0 Å². The molecule has 2 aliphatic rings. The van der Waals surface area contributed by atoms with Gasteiger partial charge in [0.2, 0.25) is 0 Å². The average molecular weight is 437 g/mol. The van der Waals surface area contributed by atoms with Gasteiger partial charge < -0.3 is 9.84 Å². The van der Waals surface area contributed by atoms with Crippen LogP contribution in [-0.4, -0.2) is 41.4 Å². The molecule has 0 radical (unpaired) electrons. The largest absolute Gasteiger partial charge is 0.388 e. The first-order chi connectivity index (χ1) is 10.5. The molecule has 11 heteroatoms. The minimum Gasteiger partial charge on any atom is -0.388 e. The van der Waals surface area contributed by atoms with Crippen LogP contribution in [0.5, 0.6) is 0 Å². The number of ether oxygens (including phenoxy) is 1. The summed E-state index contributed by atoms with van der Waals surface area (Å²) in [5.74, 6) is 0.808. The summed E-state index contributed by atoms with van der Waals surface area (Å²) >= 11 is 3.45. The Kier molecular flexibility index (Phi) is 4.01. The van der Waals surface area contributed by atoms with Crippen molar-refractivity contribution >= 4 is 34.4 Å². The van der Waals surface area contributed by atoms with Crippen molar-refractivity contribution in [3.05, 3.63) is 43.5 Å². The van der Waals surface area contributed by atoms with Crippen LogP contribution >= 0.6 is 34.4 Å². The highest BCUT2D eigenvalue weighted by Crippen LogP contribution is 2.60. The van der Waals surface area contributed by atoms with E-state index < -0.39 is 34.1 Å². The van der Waals surface area contributed by atoms with E-state index in [1.165, 1.54) is 28.6 Å². The van der Waals surface area contributed by atoms with Gasteiger partial charge in [-0.2, -0.15) is 0 Å². The smallest absolute Gasteiger partial charge is 0.330 e. The SMILES string of the molecule is [N-]=[N+]=N[C@]1(CI)O[C@@H](n2ccc(=O)[nH]c2=O)[C@@]2(CCS2)[C@@H]1O. The Hall–Kier alpha value is -1.01. The van der Waals surface area contributed by atoms with Gasteiger partial charge in [0.15, 0.2) is 12.0 Å². The van der Waals surface area contributed by atoms with Crippen LogP contribution in [0.2, 0.25) is 0 Å². The molecule has 0 saturated carbocycles. The van der Waals surface area contributed by atoms with Gasteiger partial charge in [0.05, 0.1) is 4.75 Å². The number of aliphatic hydroxyl groups is 1. The summed E-state index contributed by atoms with van der Waals surface area (Å²) in [7, 11) is 0. The van der Waals surface area contributed by atoms with E-state index in [4.69, 9.17) is 10.3 Å². The zero-order valence-corrected chi connectivity index (χ0v) is 14.2. The van der Waals surface area contributed by atoms with Crippen LogP contribution < -0.4 is 11.2 Å². The minimum absolute atomic E-state index is 0.243. The molecule has 1 spiro atoms. The summed E-state index contributed by atoms with van der Waals surface area (Å²) < 4.78 is 6.57. The number of aliphatic hydroxyl groups excluding tert-OH is 1. The molecular formula is C11H12IN5O4S. The number of nitrogens with one attached hydrogen (secondary N) is 1. The van der Waals surface area contributed by atoms with E-state index in [1.807, 2.05) is 22.6 Å². The molecule has 22 heavy (non-hydrogen) atoms. The molecule has 2 saturated heterocycles. The summed E-state index contributed by atoms with van der Waals surface area (Å²) in [5.41, 5.74) is 6.23. The molecule has 1 aromatic heterocycles. The number of hydrogen-bond donors (Lipinski definition) is 2. The predicted octanol–water partition coefficient (Wildman–Crippen LogP) is 0.744. The molecule has 2 fully saturated rings. The highest BCUT2D eigenvalue weighted by molar-refractivity contribution is 14.1. The van der Waals surface area contributed by atoms with Crippen molar-refractivity contribution in [3.63, 3.8) is 0 Å². The second-order valence-corrected chi connectivity index (χ2v) is 7.33. The predicted molar refractivity (Wildman–Crippen MR) is 88.0 cm³/mol. The van der Waals surface area contributed by atoms with Crippen molar-refractivity contribution in [1.29, 1.82) is 0 Å². The Morgan fingerprint density at radius 3 is 2.91 bits per heavy atom.